The first kappa shape index (κ1) is 18.1. The number of hydrogen-bond acceptors (Lipinski definition) is 6. The molecule has 1 N–H and O–H groups in total. The van der Waals surface area contributed by atoms with E-state index in [9.17, 15) is 14.7 Å². The van der Waals surface area contributed by atoms with Crippen molar-refractivity contribution in [2.24, 2.45) is 4.99 Å². The molecule has 4 rings (SSSR count). The van der Waals surface area contributed by atoms with Gasteiger partial charge in [0.05, 0.1) is 12.2 Å². The lowest BCUT2D eigenvalue weighted by Gasteiger charge is -2.40. The molecule has 0 saturated carbocycles. The van der Waals surface area contributed by atoms with Gasteiger partial charge in [-0.05, 0) is 32.9 Å². The van der Waals surface area contributed by atoms with Gasteiger partial charge in [0.15, 0.2) is 12.2 Å². The highest BCUT2D eigenvalue weighted by Gasteiger charge is 2.56. The molecule has 3 aliphatic rings. The maximum Gasteiger partial charge on any atom is 0.328 e. The van der Waals surface area contributed by atoms with Crippen molar-refractivity contribution in [3.63, 3.8) is 0 Å². The van der Waals surface area contributed by atoms with Gasteiger partial charge in [-0.1, -0.05) is 24.3 Å². The summed E-state index contributed by atoms with van der Waals surface area (Å²) in [6, 6.07) is 5.97. The molecule has 146 valence electrons. The lowest BCUT2D eigenvalue weighted by Crippen LogP contribution is -2.64. The summed E-state index contributed by atoms with van der Waals surface area (Å²) in [4.78, 5) is 37.1. The van der Waals surface area contributed by atoms with Crippen LogP contribution in [-0.4, -0.2) is 63.5 Å². The molecule has 0 radical (unpaired) electrons. The second-order valence-electron chi connectivity index (χ2n) is 7.43. The molecule has 1 saturated heterocycles. The second kappa shape index (κ2) is 6.12. The number of fused-ring (bicyclic) bond motifs is 3. The quantitative estimate of drug-likeness (QED) is 0.813. The van der Waals surface area contributed by atoms with Crippen molar-refractivity contribution >= 4 is 23.6 Å². The van der Waals surface area contributed by atoms with Crippen LogP contribution in [-0.2, 0) is 4.79 Å². The topological polar surface area (TPSA) is 79.7 Å². The van der Waals surface area contributed by atoms with Crippen molar-refractivity contribution in [1.29, 1.82) is 0 Å². The van der Waals surface area contributed by atoms with E-state index in [1.165, 1.54) is 9.80 Å². The van der Waals surface area contributed by atoms with Crippen LogP contribution in [0.1, 0.15) is 20.8 Å². The van der Waals surface area contributed by atoms with Gasteiger partial charge < -0.3 is 10.0 Å². The number of urea groups is 1. The van der Waals surface area contributed by atoms with Gasteiger partial charge in [-0.3, -0.25) is 19.5 Å². The molecule has 1 fully saturated rings. The number of aliphatic imine (C=N–C) groups is 1. The fourth-order valence-corrected chi connectivity index (χ4v) is 3.97. The lowest BCUT2D eigenvalue weighted by molar-refractivity contribution is -0.136. The number of phenolic OH excluding ortho intramolecular Hbond substituents is 1. The van der Waals surface area contributed by atoms with Crippen molar-refractivity contribution in [3.8, 4) is 5.75 Å². The predicted molar refractivity (Wildman–Crippen MR) is 105 cm³/mol. The van der Waals surface area contributed by atoms with Gasteiger partial charge in [-0.25, -0.2) is 9.79 Å². The van der Waals surface area contributed by atoms with E-state index in [1.807, 2.05) is 29.7 Å². The molecule has 3 heterocycles. The molecule has 28 heavy (non-hydrogen) atoms. The van der Waals surface area contributed by atoms with E-state index in [1.54, 1.807) is 32.2 Å². The zero-order valence-electron chi connectivity index (χ0n) is 16.4. The number of allylic oxidation sites excluding steroid dienone is 2. The highest BCUT2D eigenvalue weighted by Crippen LogP contribution is 2.42. The molecule has 1 aromatic carbocycles. The molecular formula is C20H23N5O3. The van der Waals surface area contributed by atoms with Crippen LogP contribution in [0.2, 0.25) is 0 Å². The molecule has 2 unspecified atom stereocenters. The number of benzene rings is 1. The first-order valence-electron chi connectivity index (χ1n) is 9.09. The molecule has 0 aliphatic carbocycles. The number of aromatic hydroxyl groups is 1. The smallest absolute Gasteiger partial charge is 0.328 e. The third-order valence-corrected chi connectivity index (χ3v) is 5.44. The molecule has 1 aromatic rings. The summed E-state index contributed by atoms with van der Waals surface area (Å²) in [6.45, 7) is 9.64. The van der Waals surface area contributed by atoms with Gasteiger partial charge in [0, 0.05) is 18.4 Å². The Kier molecular flexibility index (Phi) is 3.95. The van der Waals surface area contributed by atoms with Gasteiger partial charge in [0.2, 0.25) is 5.96 Å². The Labute approximate surface area is 163 Å². The van der Waals surface area contributed by atoms with Crippen LogP contribution < -0.4 is 4.90 Å². The van der Waals surface area contributed by atoms with Gasteiger partial charge in [0.1, 0.15) is 5.75 Å². The summed E-state index contributed by atoms with van der Waals surface area (Å²) in [5.74, 6) is 0.367. The number of guanidine groups is 1. The van der Waals surface area contributed by atoms with Crippen LogP contribution in [0.5, 0.6) is 5.75 Å². The van der Waals surface area contributed by atoms with Crippen LogP contribution in [0.25, 0.3) is 0 Å². The first-order chi connectivity index (χ1) is 13.2. The van der Waals surface area contributed by atoms with E-state index in [-0.39, 0.29) is 24.2 Å². The summed E-state index contributed by atoms with van der Waals surface area (Å²) in [5.41, 5.74) is 3.05. The Bertz CT molecular complexity index is 966. The molecule has 2 atom stereocenters. The fourth-order valence-electron chi connectivity index (χ4n) is 3.97. The van der Waals surface area contributed by atoms with E-state index in [0.717, 1.165) is 17.0 Å². The minimum atomic E-state index is -0.636. The second-order valence-corrected chi connectivity index (χ2v) is 7.43. The van der Waals surface area contributed by atoms with Gasteiger partial charge in [-0.15, -0.1) is 0 Å². The van der Waals surface area contributed by atoms with Crippen LogP contribution in [0, 0.1) is 0 Å². The fraction of sp³-hybridized carbons (Fsp3) is 0.350. The molecular weight excluding hydrogens is 358 g/mol. The SMILES string of the molecule is C=C(C)CN1C(=O)C2C(N=C3N(c4ccccc4O)C(C)=C(C)N32)N(C)C1=O. The van der Waals surface area contributed by atoms with Crippen molar-refractivity contribution in [3.05, 3.63) is 47.8 Å². The van der Waals surface area contributed by atoms with Gasteiger partial charge >= 0.3 is 6.03 Å². The van der Waals surface area contributed by atoms with Gasteiger partial charge in [-0.2, -0.15) is 0 Å². The number of anilines is 1. The number of carbonyl (C=O) groups is 2. The van der Waals surface area contributed by atoms with Crippen LogP contribution in [0.15, 0.2) is 52.8 Å². The molecule has 8 nitrogen and oxygen atoms in total. The van der Waals surface area contributed by atoms with Crippen LogP contribution in [0.4, 0.5) is 10.5 Å². The Hall–Kier alpha value is -3.29. The maximum atomic E-state index is 13.2. The van der Waals surface area contributed by atoms with Crippen molar-refractivity contribution in [2.45, 2.75) is 33.0 Å². The van der Waals surface area contributed by atoms with Crippen molar-refractivity contribution in [1.82, 2.24) is 14.7 Å². The number of para-hydroxylation sites is 2. The number of amides is 3. The highest BCUT2D eigenvalue weighted by atomic mass is 16.3. The third-order valence-electron chi connectivity index (χ3n) is 5.44. The molecule has 0 spiro atoms. The number of rotatable bonds is 3. The first-order valence-corrected chi connectivity index (χ1v) is 9.09. The molecule has 0 bridgehead atoms. The van der Waals surface area contributed by atoms with E-state index < -0.39 is 12.2 Å². The number of phenols is 1. The Morgan fingerprint density at radius 1 is 1.21 bits per heavy atom. The molecule has 0 aromatic heterocycles. The maximum absolute atomic E-state index is 13.2. The van der Waals surface area contributed by atoms with E-state index in [4.69, 9.17) is 4.99 Å². The third kappa shape index (κ3) is 2.33. The van der Waals surface area contributed by atoms with Crippen molar-refractivity contribution < 1.29 is 14.7 Å². The minimum Gasteiger partial charge on any atom is -0.506 e. The number of nitrogens with zero attached hydrogens (tertiary/aromatic N) is 5. The summed E-state index contributed by atoms with van der Waals surface area (Å²) in [6.07, 6.45) is -0.618. The summed E-state index contributed by atoms with van der Waals surface area (Å²) < 4.78 is 0. The standard InChI is InChI=1S/C20H23N5O3/c1-11(2)10-23-18(27)16-17(22(5)20(23)28)21-19-24(12(3)13(4)25(16)19)14-8-6-7-9-15(14)26/h6-9,16-17,26H,1,10H2,2-5H3. The predicted octanol–water partition coefficient (Wildman–Crippen LogP) is 2.30. The number of likely N-dealkylation sites (N-methyl/N-ethyl adjacent to an activating group) is 1. The average molecular weight is 381 g/mol. The normalized spacial score (nSPS) is 24.1. The van der Waals surface area contributed by atoms with Crippen LogP contribution in [0.3, 0.4) is 0 Å². The van der Waals surface area contributed by atoms with E-state index >= 15 is 0 Å². The Morgan fingerprint density at radius 3 is 2.54 bits per heavy atom. The highest BCUT2D eigenvalue weighted by molar-refractivity contribution is 6.11. The Balaban J connectivity index is 1.79. The van der Waals surface area contributed by atoms with Gasteiger partial charge in [0.25, 0.3) is 5.91 Å². The lowest BCUT2D eigenvalue weighted by atomic mass is 10.1. The molecule has 3 aliphatic heterocycles. The molecule has 3 amide bonds. The number of imide groups is 1. The zero-order chi connectivity index (χ0) is 20.3. The minimum absolute atomic E-state index is 0.119. The van der Waals surface area contributed by atoms with Crippen molar-refractivity contribution in [2.75, 3.05) is 18.5 Å². The summed E-state index contributed by atoms with van der Waals surface area (Å²) in [7, 11) is 1.65. The average Bonchev–Trinajstić information content (AvgIpc) is 3.14. The number of carbonyl (C=O) groups excluding carboxylic acids is 2. The monoisotopic (exact) mass is 381 g/mol. The summed E-state index contributed by atoms with van der Waals surface area (Å²) >= 11 is 0. The molecule has 8 heteroatoms. The summed E-state index contributed by atoms with van der Waals surface area (Å²) in [5, 5.41) is 10.4. The largest absolute Gasteiger partial charge is 0.506 e. The Morgan fingerprint density at radius 2 is 1.89 bits per heavy atom. The van der Waals surface area contributed by atoms with E-state index in [0.29, 0.717) is 11.6 Å². The van der Waals surface area contributed by atoms with E-state index in [2.05, 4.69) is 6.58 Å². The van der Waals surface area contributed by atoms with Crippen LogP contribution >= 0.6 is 0 Å². The zero-order valence-corrected chi connectivity index (χ0v) is 16.4. The number of hydrogen-bond donors (Lipinski definition) is 1.